The molecule has 1 unspecified atom stereocenters. The Morgan fingerprint density at radius 2 is 2.05 bits per heavy atom. The summed E-state index contributed by atoms with van der Waals surface area (Å²) in [6.45, 7) is 0.395. The zero-order chi connectivity index (χ0) is 14.7. The second kappa shape index (κ2) is 5.43. The van der Waals surface area contributed by atoms with Gasteiger partial charge in [-0.3, -0.25) is 4.79 Å². The second-order valence-corrected chi connectivity index (χ2v) is 4.75. The van der Waals surface area contributed by atoms with Crippen LogP contribution in [0.2, 0.25) is 0 Å². The molecule has 0 saturated carbocycles. The van der Waals surface area contributed by atoms with E-state index >= 15 is 0 Å². The van der Waals surface area contributed by atoms with E-state index < -0.39 is 23.6 Å². The Morgan fingerprint density at radius 3 is 2.47 bits per heavy atom. The molecule has 0 aliphatic heterocycles. The molecular weight excluding hydrogens is 283 g/mol. The highest BCUT2D eigenvalue weighted by Crippen LogP contribution is 2.30. The van der Waals surface area contributed by atoms with Crippen molar-refractivity contribution in [2.24, 2.45) is 0 Å². The van der Waals surface area contributed by atoms with E-state index in [1.165, 1.54) is 22.7 Å². The largest absolute Gasteiger partial charge is 0.479 e. The first-order valence-corrected chi connectivity index (χ1v) is 5.88. The fraction of sp³-hybridized carbons (Fsp3) is 0.273. The molecule has 0 aliphatic carbocycles. The van der Waals surface area contributed by atoms with Crippen molar-refractivity contribution in [1.29, 1.82) is 0 Å². The maximum absolute atomic E-state index is 12.6. The average Bonchev–Trinajstić information content (AvgIpc) is 2.77. The summed E-state index contributed by atoms with van der Waals surface area (Å²) in [5.41, 5.74) is -3.32. The van der Waals surface area contributed by atoms with Gasteiger partial charge in [0.2, 0.25) is 11.4 Å². The summed E-state index contributed by atoms with van der Waals surface area (Å²) in [5, 5.41) is 11.8. The molecule has 0 spiro atoms. The first-order chi connectivity index (χ1) is 8.67. The molecule has 2 N–H and O–H groups in total. The third-order valence-electron chi connectivity index (χ3n) is 2.31. The summed E-state index contributed by atoms with van der Waals surface area (Å²) >= 11 is 1.29. The maximum Gasteiger partial charge on any atom is 0.422 e. The van der Waals surface area contributed by atoms with Crippen molar-refractivity contribution in [2.75, 3.05) is 0 Å². The number of halogens is 3. The van der Waals surface area contributed by atoms with Crippen molar-refractivity contribution in [3.63, 3.8) is 0 Å². The maximum atomic E-state index is 12.6. The van der Waals surface area contributed by atoms with Gasteiger partial charge in [0.25, 0.3) is 0 Å². The van der Waals surface area contributed by atoms with Gasteiger partial charge in [-0.15, -0.1) is 11.3 Å². The number of hydrogen-bond acceptors (Lipinski definition) is 3. The monoisotopic (exact) mass is 293 g/mol. The lowest BCUT2D eigenvalue weighted by Gasteiger charge is -2.27. The Hall–Kier alpha value is -1.83. The number of carboxylic acids is 1. The quantitative estimate of drug-likeness (QED) is 0.837. The van der Waals surface area contributed by atoms with E-state index in [0.29, 0.717) is 11.8 Å². The number of rotatable bonds is 4. The molecule has 19 heavy (non-hydrogen) atoms. The predicted octanol–water partition coefficient (Wildman–Crippen LogP) is 2.28. The molecule has 1 aromatic rings. The fourth-order valence-electron chi connectivity index (χ4n) is 1.08. The van der Waals surface area contributed by atoms with Crippen molar-refractivity contribution in [3.05, 3.63) is 28.5 Å². The van der Waals surface area contributed by atoms with Crippen molar-refractivity contribution in [1.82, 2.24) is 5.32 Å². The summed E-state index contributed by atoms with van der Waals surface area (Å²) in [4.78, 5) is 22.7. The van der Waals surface area contributed by atoms with Gasteiger partial charge in [-0.1, -0.05) is 6.07 Å². The van der Waals surface area contributed by atoms with Crippen LogP contribution in [-0.4, -0.2) is 28.7 Å². The molecule has 104 valence electrons. The number of carbonyl (C=O) groups is 2. The molecule has 0 fully saturated rings. The number of aliphatic carboxylic acids is 1. The van der Waals surface area contributed by atoms with Gasteiger partial charge in [0, 0.05) is 11.0 Å². The van der Waals surface area contributed by atoms with Crippen LogP contribution in [0, 0.1) is 0 Å². The van der Waals surface area contributed by atoms with Crippen molar-refractivity contribution < 1.29 is 27.9 Å². The van der Waals surface area contributed by atoms with Crippen LogP contribution in [0.3, 0.4) is 0 Å². The molecule has 4 nitrogen and oxygen atoms in total. The minimum absolute atomic E-state index is 0.395. The Balaban J connectivity index is 2.81. The summed E-state index contributed by atoms with van der Waals surface area (Å²) in [6, 6.07) is 3.37. The normalized spacial score (nSPS) is 15.2. The van der Waals surface area contributed by atoms with Gasteiger partial charge in [0.1, 0.15) is 0 Å². The van der Waals surface area contributed by atoms with Crippen LogP contribution in [0.4, 0.5) is 13.2 Å². The molecule has 1 amide bonds. The van der Waals surface area contributed by atoms with Crippen LogP contribution in [0.5, 0.6) is 0 Å². The predicted molar refractivity (Wildman–Crippen MR) is 63.6 cm³/mol. The first-order valence-electron chi connectivity index (χ1n) is 5.00. The van der Waals surface area contributed by atoms with E-state index in [1.54, 1.807) is 17.5 Å². The lowest BCUT2D eigenvalue weighted by molar-refractivity contribution is -0.206. The Morgan fingerprint density at radius 1 is 1.42 bits per heavy atom. The highest BCUT2D eigenvalue weighted by molar-refractivity contribution is 7.10. The fourth-order valence-corrected chi connectivity index (χ4v) is 1.70. The van der Waals surface area contributed by atoms with E-state index in [4.69, 9.17) is 5.11 Å². The highest BCUT2D eigenvalue weighted by Gasteiger charge is 2.58. The topological polar surface area (TPSA) is 66.4 Å². The van der Waals surface area contributed by atoms with Gasteiger partial charge in [0.05, 0.1) is 0 Å². The zero-order valence-corrected chi connectivity index (χ0v) is 10.5. The Labute approximate surface area is 110 Å². The number of amides is 1. The zero-order valence-electron chi connectivity index (χ0n) is 9.69. The Bertz CT molecular complexity index is 496. The lowest BCUT2D eigenvalue weighted by atomic mass is 10.0. The molecule has 1 heterocycles. The van der Waals surface area contributed by atoms with Gasteiger partial charge >= 0.3 is 12.1 Å². The van der Waals surface area contributed by atoms with Gasteiger partial charge in [0.15, 0.2) is 0 Å². The van der Waals surface area contributed by atoms with Crippen molar-refractivity contribution >= 4 is 29.3 Å². The Kier molecular flexibility index (Phi) is 4.35. The second-order valence-electron chi connectivity index (χ2n) is 3.77. The van der Waals surface area contributed by atoms with Gasteiger partial charge in [-0.05, 0) is 24.4 Å². The molecule has 0 aliphatic rings. The highest BCUT2D eigenvalue weighted by atomic mass is 32.1. The third kappa shape index (κ3) is 3.57. The molecule has 1 aromatic heterocycles. The van der Waals surface area contributed by atoms with Crippen LogP contribution < -0.4 is 5.32 Å². The summed E-state index contributed by atoms with van der Waals surface area (Å²) < 4.78 is 37.8. The SMILES string of the molecule is CC(NC(=O)C=Cc1cccs1)(C(=O)O)C(F)(F)F. The molecule has 1 rings (SSSR count). The molecular formula is C11H10F3NO3S. The summed E-state index contributed by atoms with van der Waals surface area (Å²) in [5.74, 6) is -3.30. The smallest absolute Gasteiger partial charge is 0.422 e. The minimum Gasteiger partial charge on any atom is -0.479 e. The van der Waals surface area contributed by atoms with Gasteiger partial charge in [-0.25, -0.2) is 4.79 Å². The van der Waals surface area contributed by atoms with Gasteiger partial charge in [-0.2, -0.15) is 13.2 Å². The standard InChI is InChI=1S/C11H10F3NO3S/c1-10(9(17)18,11(12,13)14)15-8(16)5-4-7-3-2-6-19-7/h2-6H,1H3,(H,15,16)(H,17,18). The van der Waals surface area contributed by atoms with Crippen LogP contribution >= 0.6 is 11.3 Å². The van der Waals surface area contributed by atoms with E-state index in [0.717, 1.165) is 6.08 Å². The minimum atomic E-state index is -5.09. The lowest BCUT2D eigenvalue weighted by Crippen LogP contribution is -2.61. The summed E-state index contributed by atoms with van der Waals surface area (Å²) in [6.07, 6.45) is -2.93. The number of hydrogen-bond donors (Lipinski definition) is 2. The van der Waals surface area contributed by atoms with E-state index in [2.05, 4.69) is 0 Å². The summed E-state index contributed by atoms with van der Waals surface area (Å²) in [7, 11) is 0. The number of carbonyl (C=O) groups excluding carboxylic acids is 1. The number of alkyl halides is 3. The van der Waals surface area contributed by atoms with Crippen molar-refractivity contribution in [3.8, 4) is 0 Å². The third-order valence-corrected chi connectivity index (χ3v) is 3.15. The average molecular weight is 293 g/mol. The molecule has 0 radical (unpaired) electrons. The molecule has 8 heteroatoms. The molecule has 1 atom stereocenters. The van der Waals surface area contributed by atoms with Crippen LogP contribution in [0.15, 0.2) is 23.6 Å². The van der Waals surface area contributed by atoms with Crippen LogP contribution in [0.1, 0.15) is 11.8 Å². The molecule has 0 aromatic carbocycles. The number of thiophene rings is 1. The van der Waals surface area contributed by atoms with E-state index in [-0.39, 0.29) is 0 Å². The molecule has 0 bridgehead atoms. The van der Waals surface area contributed by atoms with Gasteiger partial charge < -0.3 is 10.4 Å². The van der Waals surface area contributed by atoms with Crippen molar-refractivity contribution in [2.45, 2.75) is 18.6 Å². The van der Waals surface area contributed by atoms with Crippen LogP contribution in [-0.2, 0) is 9.59 Å². The number of nitrogens with one attached hydrogen (secondary N) is 1. The number of carboxylic acid groups (broad SMARTS) is 1. The van der Waals surface area contributed by atoms with E-state index in [1.807, 2.05) is 0 Å². The first kappa shape index (κ1) is 15.2. The van der Waals surface area contributed by atoms with E-state index in [9.17, 15) is 22.8 Å². The van der Waals surface area contributed by atoms with Crippen LogP contribution in [0.25, 0.3) is 6.08 Å². The molecule has 0 saturated heterocycles.